The molecule has 6 heteroatoms. The van der Waals surface area contributed by atoms with E-state index in [1.54, 1.807) is 0 Å². The van der Waals surface area contributed by atoms with Crippen molar-refractivity contribution in [2.24, 2.45) is 0 Å². The summed E-state index contributed by atoms with van der Waals surface area (Å²) in [6.07, 6.45) is 12.4. The van der Waals surface area contributed by atoms with Gasteiger partial charge in [-0.2, -0.15) is 0 Å². The molecule has 2 atom stereocenters. The van der Waals surface area contributed by atoms with E-state index in [4.69, 9.17) is 0 Å². The largest absolute Gasteiger partial charge is 1.00 e. The van der Waals surface area contributed by atoms with Gasteiger partial charge in [-0.15, -0.1) is 0 Å². The van der Waals surface area contributed by atoms with Gasteiger partial charge in [-0.25, -0.2) is 8.42 Å². The topological polar surface area (TPSA) is 77.4 Å². The normalized spacial score (nSPS) is 14.2. The van der Waals surface area contributed by atoms with E-state index in [0.29, 0.717) is 25.7 Å². The molecule has 0 aliphatic heterocycles. The van der Waals surface area contributed by atoms with Gasteiger partial charge in [-0.05, 0) is 25.7 Å². The SMILES string of the molecule is CCCCCCCCC(CCCCC(O)CCCC)S(=O)(=O)[O-].[K+]. The Morgan fingerprint density at radius 1 is 0.750 bits per heavy atom. The molecule has 0 heterocycles. The minimum absolute atomic E-state index is 0. The molecule has 0 radical (unpaired) electrons. The second-order valence-corrected chi connectivity index (χ2v) is 8.40. The molecule has 0 rings (SSSR count). The zero-order chi connectivity index (χ0) is 17.6. The molecule has 0 saturated carbocycles. The number of aliphatic hydroxyl groups excluding tert-OH is 1. The summed E-state index contributed by atoms with van der Waals surface area (Å²) in [5, 5.41) is 9.03. The van der Waals surface area contributed by atoms with Crippen LogP contribution in [0.5, 0.6) is 0 Å². The first kappa shape index (κ1) is 27.7. The van der Waals surface area contributed by atoms with Crippen molar-refractivity contribution in [2.45, 2.75) is 115 Å². The molecule has 0 fully saturated rings. The smallest absolute Gasteiger partial charge is 0.748 e. The van der Waals surface area contributed by atoms with Crippen LogP contribution in [0.2, 0.25) is 0 Å². The maximum absolute atomic E-state index is 11.4. The fourth-order valence-corrected chi connectivity index (χ4v) is 3.83. The first-order valence-corrected chi connectivity index (χ1v) is 11.0. The average Bonchev–Trinajstić information content (AvgIpc) is 2.49. The van der Waals surface area contributed by atoms with Gasteiger partial charge < -0.3 is 9.66 Å². The molecule has 0 aromatic rings. The molecule has 0 aromatic heterocycles. The Balaban J connectivity index is 0. The third-order valence-corrected chi connectivity index (χ3v) is 5.78. The van der Waals surface area contributed by atoms with Crippen LogP contribution in [0.15, 0.2) is 0 Å². The van der Waals surface area contributed by atoms with Crippen LogP contribution >= 0.6 is 0 Å². The van der Waals surface area contributed by atoms with Crippen molar-refractivity contribution in [3.05, 3.63) is 0 Å². The Hall–Kier alpha value is 1.51. The van der Waals surface area contributed by atoms with E-state index in [1.807, 2.05) is 0 Å². The third-order valence-electron chi connectivity index (χ3n) is 4.49. The van der Waals surface area contributed by atoms with Crippen LogP contribution in [0.1, 0.15) is 104 Å². The van der Waals surface area contributed by atoms with E-state index in [-0.39, 0.29) is 57.5 Å². The molecule has 2 unspecified atom stereocenters. The summed E-state index contributed by atoms with van der Waals surface area (Å²) in [5.74, 6) is 0. The van der Waals surface area contributed by atoms with Gasteiger partial charge in [0.15, 0.2) is 0 Å². The van der Waals surface area contributed by atoms with Gasteiger partial charge in [-0.3, -0.25) is 0 Å². The van der Waals surface area contributed by atoms with E-state index in [0.717, 1.165) is 44.9 Å². The average molecular weight is 389 g/mol. The minimum atomic E-state index is -4.19. The molecular weight excluding hydrogens is 351 g/mol. The zero-order valence-corrected chi connectivity index (χ0v) is 20.1. The Morgan fingerprint density at radius 3 is 1.71 bits per heavy atom. The molecule has 0 aliphatic carbocycles. The number of aliphatic hydroxyl groups is 1. The molecule has 24 heavy (non-hydrogen) atoms. The molecule has 0 saturated heterocycles. The van der Waals surface area contributed by atoms with Gasteiger partial charge in [0, 0.05) is 5.25 Å². The summed E-state index contributed by atoms with van der Waals surface area (Å²) in [6.45, 7) is 4.26. The Labute approximate surface area is 192 Å². The van der Waals surface area contributed by atoms with Gasteiger partial charge >= 0.3 is 51.4 Å². The summed E-state index contributed by atoms with van der Waals surface area (Å²) in [5.41, 5.74) is 0. The van der Waals surface area contributed by atoms with Crippen LogP contribution in [0.4, 0.5) is 0 Å². The van der Waals surface area contributed by atoms with Crippen LogP contribution in [-0.2, 0) is 10.1 Å². The van der Waals surface area contributed by atoms with Gasteiger partial charge in [0.25, 0.3) is 0 Å². The van der Waals surface area contributed by atoms with Crippen LogP contribution in [-0.4, -0.2) is 29.4 Å². The summed E-state index contributed by atoms with van der Waals surface area (Å²) in [6, 6.07) is 0. The van der Waals surface area contributed by atoms with Crippen molar-refractivity contribution >= 4 is 10.1 Å². The van der Waals surface area contributed by atoms with Crippen LogP contribution in [0, 0.1) is 0 Å². The van der Waals surface area contributed by atoms with Crippen LogP contribution in [0.25, 0.3) is 0 Å². The van der Waals surface area contributed by atoms with E-state index in [2.05, 4.69) is 13.8 Å². The first-order valence-electron chi connectivity index (χ1n) is 9.54. The van der Waals surface area contributed by atoms with E-state index in [1.165, 1.54) is 19.3 Å². The molecule has 140 valence electrons. The fourth-order valence-electron chi connectivity index (χ4n) is 2.92. The predicted octanol–water partition coefficient (Wildman–Crippen LogP) is 1.77. The minimum Gasteiger partial charge on any atom is -0.748 e. The monoisotopic (exact) mass is 388 g/mol. The Bertz CT molecular complexity index is 360. The van der Waals surface area contributed by atoms with Crippen molar-refractivity contribution in [2.75, 3.05) is 0 Å². The molecule has 0 aromatic carbocycles. The maximum atomic E-state index is 11.4. The van der Waals surface area contributed by atoms with E-state index >= 15 is 0 Å². The molecule has 4 nitrogen and oxygen atoms in total. The molecule has 0 aliphatic rings. The van der Waals surface area contributed by atoms with Crippen LogP contribution < -0.4 is 51.4 Å². The maximum Gasteiger partial charge on any atom is 1.00 e. The second kappa shape index (κ2) is 17.9. The molecule has 0 bridgehead atoms. The second-order valence-electron chi connectivity index (χ2n) is 6.75. The van der Waals surface area contributed by atoms with Crippen molar-refractivity contribution in [1.29, 1.82) is 0 Å². The zero-order valence-electron chi connectivity index (χ0n) is 16.1. The van der Waals surface area contributed by atoms with Crippen LogP contribution in [0.3, 0.4) is 0 Å². The van der Waals surface area contributed by atoms with Crippen molar-refractivity contribution in [3.8, 4) is 0 Å². The molecule has 0 amide bonds. The van der Waals surface area contributed by atoms with Crippen molar-refractivity contribution in [3.63, 3.8) is 0 Å². The van der Waals surface area contributed by atoms with Gasteiger partial charge in [0.05, 0.1) is 16.2 Å². The number of rotatable bonds is 16. The molecule has 1 N–H and O–H groups in total. The summed E-state index contributed by atoms with van der Waals surface area (Å²) >= 11 is 0. The Morgan fingerprint density at radius 2 is 1.17 bits per heavy atom. The fraction of sp³-hybridized carbons (Fsp3) is 1.00. The standard InChI is InChI=1S/C18H38O4S.K/c1-3-5-7-8-9-10-15-18(23(20,21)22)16-12-11-14-17(19)13-6-4-2;/h17-19H,3-16H2,1-2H3,(H,20,21,22);/q;+1/p-1. The third kappa shape index (κ3) is 16.9. The van der Waals surface area contributed by atoms with Gasteiger partial charge in [0.2, 0.25) is 0 Å². The first-order chi connectivity index (χ1) is 10.9. The Kier molecular flexibility index (Phi) is 20.7. The summed E-state index contributed by atoms with van der Waals surface area (Å²) < 4.78 is 34.1. The molecule has 0 spiro atoms. The van der Waals surface area contributed by atoms with Crippen molar-refractivity contribution in [1.82, 2.24) is 0 Å². The number of hydrogen-bond donors (Lipinski definition) is 1. The van der Waals surface area contributed by atoms with Gasteiger partial charge in [-0.1, -0.05) is 78.1 Å². The van der Waals surface area contributed by atoms with E-state index < -0.39 is 15.4 Å². The summed E-state index contributed by atoms with van der Waals surface area (Å²) in [4.78, 5) is 0. The van der Waals surface area contributed by atoms with Crippen molar-refractivity contribution < 1.29 is 69.5 Å². The summed E-state index contributed by atoms with van der Waals surface area (Å²) in [7, 11) is -4.19. The van der Waals surface area contributed by atoms with Gasteiger partial charge in [0.1, 0.15) is 0 Å². The number of hydrogen-bond acceptors (Lipinski definition) is 4. The van der Waals surface area contributed by atoms with E-state index in [9.17, 15) is 18.1 Å². The number of unbranched alkanes of at least 4 members (excludes halogenated alkanes) is 7. The quantitative estimate of drug-likeness (QED) is 0.248. The predicted molar refractivity (Wildman–Crippen MR) is 95.5 cm³/mol. The molecular formula is C18H37KO4S.